The molecule has 2 fully saturated rings. The zero-order valence-corrected chi connectivity index (χ0v) is 10.2. The molecule has 2 aliphatic heterocycles. The number of fused-ring (bicyclic) bond motifs is 2. The molecule has 0 saturated carbocycles. The van der Waals surface area contributed by atoms with E-state index >= 15 is 0 Å². The van der Waals surface area contributed by atoms with E-state index in [4.69, 9.17) is 11.5 Å². The maximum Gasteiger partial charge on any atom is 0.250 e. The Morgan fingerprint density at radius 2 is 1.94 bits per heavy atom. The van der Waals surface area contributed by atoms with Crippen molar-refractivity contribution in [2.45, 2.75) is 43.8 Å². The Balaban J connectivity index is 1.85. The maximum absolute atomic E-state index is 11.0. The molecule has 0 aliphatic carbocycles. The second-order valence-electron chi connectivity index (χ2n) is 5.29. The van der Waals surface area contributed by atoms with E-state index in [1.165, 1.54) is 12.8 Å². The van der Waals surface area contributed by atoms with Gasteiger partial charge in [0, 0.05) is 24.3 Å². The van der Waals surface area contributed by atoms with Crippen LogP contribution in [0.3, 0.4) is 0 Å². The Hall–Kier alpha value is -1.62. The summed E-state index contributed by atoms with van der Waals surface area (Å²) in [6.45, 7) is 0. The molecule has 1 aromatic heterocycles. The van der Waals surface area contributed by atoms with Crippen molar-refractivity contribution < 1.29 is 4.79 Å². The minimum Gasteiger partial charge on any atom is -0.366 e. The summed E-state index contributed by atoms with van der Waals surface area (Å²) in [5.41, 5.74) is 11.7. The van der Waals surface area contributed by atoms with Gasteiger partial charge in [-0.05, 0) is 37.8 Å². The highest BCUT2D eigenvalue weighted by molar-refractivity contribution is 5.92. The predicted octanol–water partition coefficient (Wildman–Crippen LogP) is 0.639. The van der Waals surface area contributed by atoms with Crippen LogP contribution in [0.5, 0.6) is 0 Å². The fourth-order valence-corrected chi connectivity index (χ4v) is 3.28. The largest absolute Gasteiger partial charge is 0.366 e. The van der Waals surface area contributed by atoms with Crippen molar-refractivity contribution in [3.63, 3.8) is 0 Å². The number of amides is 1. The van der Waals surface area contributed by atoms with Gasteiger partial charge in [-0.2, -0.15) is 0 Å². The van der Waals surface area contributed by atoms with E-state index in [2.05, 4.69) is 9.88 Å². The van der Waals surface area contributed by atoms with Gasteiger partial charge in [0.15, 0.2) is 0 Å². The number of primary amides is 1. The second kappa shape index (κ2) is 4.24. The molecule has 2 bridgehead atoms. The summed E-state index contributed by atoms with van der Waals surface area (Å²) in [6.07, 6.45) is 6.02. The number of piperidine rings is 1. The lowest BCUT2D eigenvalue weighted by molar-refractivity contribution is 0.1000. The highest BCUT2D eigenvalue weighted by Crippen LogP contribution is 2.37. The number of carbonyl (C=O) groups is 1. The number of aromatic nitrogens is 1. The Morgan fingerprint density at radius 3 is 2.44 bits per heavy atom. The summed E-state index contributed by atoms with van der Waals surface area (Å²) in [4.78, 5) is 17.8. The van der Waals surface area contributed by atoms with Gasteiger partial charge >= 0.3 is 0 Å². The third-order valence-electron chi connectivity index (χ3n) is 4.07. The van der Waals surface area contributed by atoms with Gasteiger partial charge in [0.25, 0.3) is 0 Å². The molecule has 4 N–H and O–H groups in total. The van der Waals surface area contributed by atoms with E-state index in [-0.39, 0.29) is 0 Å². The number of hydrogen-bond donors (Lipinski definition) is 2. The van der Waals surface area contributed by atoms with Crippen LogP contribution < -0.4 is 16.4 Å². The Bertz CT molecular complexity index is 445. The molecule has 3 rings (SSSR count). The first-order valence-electron chi connectivity index (χ1n) is 6.45. The third-order valence-corrected chi connectivity index (χ3v) is 4.07. The molecule has 5 heteroatoms. The standard InChI is InChI=1S/C13H18N4O/c14-9-5-10-2-3-11(6-9)17(10)12-4-1-8(7-16-12)13(15)18/h1,4,7,9-11H,2-3,5-6,14H2,(H2,15,18). The van der Waals surface area contributed by atoms with Gasteiger partial charge in [0.05, 0.1) is 5.56 Å². The summed E-state index contributed by atoms with van der Waals surface area (Å²) >= 11 is 0. The van der Waals surface area contributed by atoms with Crippen LogP contribution in [0.1, 0.15) is 36.0 Å². The third kappa shape index (κ3) is 1.84. The van der Waals surface area contributed by atoms with Crippen LogP contribution in [0.2, 0.25) is 0 Å². The number of nitrogens with zero attached hydrogens (tertiary/aromatic N) is 2. The minimum absolute atomic E-state index is 0.323. The molecule has 2 atom stereocenters. The molecular weight excluding hydrogens is 228 g/mol. The number of anilines is 1. The van der Waals surface area contributed by atoms with Crippen LogP contribution in [-0.4, -0.2) is 29.0 Å². The first-order valence-corrected chi connectivity index (χ1v) is 6.45. The quantitative estimate of drug-likeness (QED) is 0.802. The van der Waals surface area contributed by atoms with Gasteiger partial charge in [0.2, 0.25) is 5.91 Å². The highest BCUT2D eigenvalue weighted by atomic mass is 16.1. The van der Waals surface area contributed by atoms with Crippen molar-refractivity contribution >= 4 is 11.7 Å². The van der Waals surface area contributed by atoms with E-state index < -0.39 is 5.91 Å². The fraction of sp³-hybridized carbons (Fsp3) is 0.538. The van der Waals surface area contributed by atoms with Crippen LogP contribution in [0.15, 0.2) is 18.3 Å². The molecule has 0 radical (unpaired) electrons. The monoisotopic (exact) mass is 246 g/mol. The molecular formula is C13H18N4O. The lowest BCUT2D eigenvalue weighted by atomic mass is 9.98. The van der Waals surface area contributed by atoms with E-state index in [1.807, 2.05) is 6.07 Å². The lowest BCUT2D eigenvalue weighted by Gasteiger charge is -2.38. The smallest absolute Gasteiger partial charge is 0.250 e. The van der Waals surface area contributed by atoms with Gasteiger partial charge in [-0.3, -0.25) is 4.79 Å². The van der Waals surface area contributed by atoms with E-state index in [1.54, 1.807) is 12.3 Å². The summed E-state index contributed by atoms with van der Waals surface area (Å²) in [5.74, 6) is 0.511. The van der Waals surface area contributed by atoms with Crippen molar-refractivity contribution in [2.75, 3.05) is 4.90 Å². The first kappa shape index (κ1) is 11.5. The normalized spacial score (nSPS) is 30.5. The van der Waals surface area contributed by atoms with Gasteiger partial charge in [0.1, 0.15) is 5.82 Å². The lowest BCUT2D eigenvalue weighted by Crippen LogP contribution is -2.47. The van der Waals surface area contributed by atoms with Crippen LogP contribution in [0.4, 0.5) is 5.82 Å². The van der Waals surface area contributed by atoms with Crippen LogP contribution >= 0.6 is 0 Å². The Morgan fingerprint density at radius 1 is 1.28 bits per heavy atom. The molecule has 1 aromatic rings. The van der Waals surface area contributed by atoms with Crippen molar-refractivity contribution in [1.82, 2.24) is 4.98 Å². The Labute approximate surface area is 106 Å². The van der Waals surface area contributed by atoms with Gasteiger partial charge < -0.3 is 16.4 Å². The van der Waals surface area contributed by atoms with Gasteiger partial charge in [-0.15, -0.1) is 0 Å². The molecule has 5 nitrogen and oxygen atoms in total. The second-order valence-corrected chi connectivity index (χ2v) is 5.29. The minimum atomic E-state index is -0.433. The zero-order valence-electron chi connectivity index (χ0n) is 10.2. The highest BCUT2D eigenvalue weighted by Gasteiger charge is 2.40. The zero-order chi connectivity index (χ0) is 12.7. The molecule has 18 heavy (non-hydrogen) atoms. The summed E-state index contributed by atoms with van der Waals surface area (Å²) in [7, 11) is 0. The predicted molar refractivity (Wildman–Crippen MR) is 69.3 cm³/mol. The van der Waals surface area contributed by atoms with E-state index in [0.29, 0.717) is 23.7 Å². The Kier molecular flexibility index (Phi) is 2.70. The van der Waals surface area contributed by atoms with Crippen molar-refractivity contribution in [3.8, 4) is 0 Å². The van der Waals surface area contributed by atoms with E-state index in [9.17, 15) is 4.79 Å². The number of nitrogens with two attached hydrogens (primary N) is 2. The molecule has 0 spiro atoms. The first-order chi connectivity index (χ1) is 8.65. The van der Waals surface area contributed by atoms with Crippen molar-refractivity contribution in [3.05, 3.63) is 23.9 Å². The van der Waals surface area contributed by atoms with E-state index in [0.717, 1.165) is 18.7 Å². The maximum atomic E-state index is 11.0. The average Bonchev–Trinajstić information content (AvgIpc) is 2.62. The molecule has 0 aromatic carbocycles. The molecule has 1 amide bonds. The average molecular weight is 246 g/mol. The van der Waals surface area contributed by atoms with Crippen LogP contribution in [0.25, 0.3) is 0 Å². The molecule has 2 aliphatic rings. The molecule has 96 valence electrons. The molecule has 3 heterocycles. The number of carbonyl (C=O) groups excluding carboxylic acids is 1. The molecule has 2 unspecified atom stereocenters. The number of pyridine rings is 1. The summed E-state index contributed by atoms with van der Waals surface area (Å²) in [6, 6.07) is 4.97. The fourth-order valence-electron chi connectivity index (χ4n) is 3.28. The van der Waals surface area contributed by atoms with Gasteiger partial charge in [-0.1, -0.05) is 0 Å². The van der Waals surface area contributed by atoms with Crippen LogP contribution in [0, 0.1) is 0 Å². The van der Waals surface area contributed by atoms with Crippen molar-refractivity contribution in [1.29, 1.82) is 0 Å². The number of rotatable bonds is 2. The summed E-state index contributed by atoms with van der Waals surface area (Å²) < 4.78 is 0. The van der Waals surface area contributed by atoms with Crippen LogP contribution in [-0.2, 0) is 0 Å². The van der Waals surface area contributed by atoms with Gasteiger partial charge in [-0.25, -0.2) is 4.98 Å². The molecule has 2 saturated heterocycles. The van der Waals surface area contributed by atoms with Crippen molar-refractivity contribution in [2.24, 2.45) is 11.5 Å². The SMILES string of the molecule is NC(=O)c1ccc(N2C3CCC2CC(N)C3)nc1. The summed E-state index contributed by atoms with van der Waals surface area (Å²) in [5, 5.41) is 0. The topological polar surface area (TPSA) is 85.2 Å². The number of hydrogen-bond acceptors (Lipinski definition) is 4.